The monoisotopic (exact) mass is 287 g/mol. The maximum Gasteiger partial charge on any atom is 0.330 e. The largest absolute Gasteiger partial charge is 0.479 e. The first kappa shape index (κ1) is 13.8. The molecule has 1 atom stereocenters. The van der Waals surface area contributed by atoms with E-state index in [4.69, 9.17) is 0 Å². The van der Waals surface area contributed by atoms with E-state index in [0.29, 0.717) is 5.75 Å². The summed E-state index contributed by atoms with van der Waals surface area (Å²) in [5, 5.41) is 11.5. The van der Waals surface area contributed by atoms with Gasteiger partial charge in [-0.05, 0) is 24.3 Å². The molecule has 0 saturated carbocycles. The minimum Gasteiger partial charge on any atom is -0.479 e. The molecule has 0 aromatic heterocycles. The van der Waals surface area contributed by atoms with Gasteiger partial charge in [0.2, 0.25) is 0 Å². The third kappa shape index (κ3) is 2.56. The van der Waals surface area contributed by atoms with Crippen molar-refractivity contribution in [2.24, 2.45) is 0 Å². The molecule has 1 amide bonds. The summed E-state index contributed by atoms with van der Waals surface area (Å²) >= 11 is 1.39. The van der Waals surface area contributed by atoms with Crippen LogP contribution in [0.3, 0.4) is 0 Å². The average molecular weight is 287 g/mol. The van der Waals surface area contributed by atoms with Crippen LogP contribution < -0.4 is 5.32 Å². The van der Waals surface area contributed by atoms with Gasteiger partial charge in [0.25, 0.3) is 5.91 Å². The van der Waals surface area contributed by atoms with Crippen molar-refractivity contribution in [2.45, 2.75) is 12.0 Å². The molecule has 1 aliphatic heterocycles. The molecule has 7 heteroatoms. The molecule has 4 nitrogen and oxygen atoms in total. The van der Waals surface area contributed by atoms with Crippen LogP contribution in [-0.2, 0) is 4.79 Å². The van der Waals surface area contributed by atoms with Crippen molar-refractivity contribution in [2.75, 3.05) is 11.5 Å². The smallest absolute Gasteiger partial charge is 0.330 e. The Hall–Kier alpha value is -1.63. The quantitative estimate of drug-likeness (QED) is 0.887. The van der Waals surface area contributed by atoms with Gasteiger partial charge in [-0.1, -0.05) is 6.07 Å². The molecule has 1 aromatic rings. The lowest BCUT2D eigenvalue weighted by Crippen LogP contribution is -2.54. The fourth-order valence-corrected chi connectivity index (χ4v) is 3.18. The number of carboxylic acid groups (broad SMARTS) is 1. The Morgan fingerprint density at radius 3 is 2.68 bits per heavy atom. The normalized spacial score (nSPS) is 22.2. The van der Waals surface area contributed by atoms with E-state index in [1.54, 1.807) is 0 Å². The summed E-state index contributed by atoms with van der Waals surface area (Å²) < 4.78 is 26.5. The third-order valence-corrected chi connectivity index (χ3v) is 4.17. The first-order chi connectivity index (χ1) is 8.96. The summed E-state index contributed by atoms with van der Waals surface area (Å²) in [4.78, 5) is 23.1. The summed E-state index contributed by atoms with van der Waals surface area (Å²) in [7, 11) is 0. The van der Waals surface area contributed by atoms with E-state index in [0.717, 1.165) is 12.1 Å². The molecule has 0 aliphatic carbocycles. The van der Waals surface area contributed by atoms with Gasteiger partial charge in [-0.15, -0.1) is 0 Å². The molecule has 1 unspecified atom stereocenters. The minimum absolute atomic E-state index is 0.213. The van der Waals surface area contributed by atoms with E-state index >= 15 is 0 Å². The van der Waals surface area contributed by atoms with Crippen molar-refractivity contribution in [3.8, 4) is 0 Å². The predicted molar refractivity (Wildman–Crippen MR) is 66.1 cm³/mol. The van der Waals surface area contributed by atoms with E-state index in [-0.39, 0.29) is 12.2 Å². The van der Waals surface area contributed by atoms with Crippen molar-refractivity contribution in [3.63, 3.8) is 0 Å². The van der Waals surface area contributed by atoms with Gasteiger partial charge < -0.3 is 10.4 Å². The summed E-state index contributed by atoms with van der Waals surface area (Å²) in [6, 6.07) is 3.21. The van der Waals surface area contributed by atoms with Gasteiger partial charge in [-0.2, -0.15) is 11.8 Å². The number of carboxylic acids is 1. The highest BCUT2D eigenvalue weighted by Crippen LogP contribution is 2.28. The Morgan fingerprint density at radius 1 is 1.37 bits per heavy atom. The van der Waals surface area contributed by atoms with Crippen LogP contribution in [0.25, 0.3) is 0 Å². The number of carbonyl (C=O) groups is 2. The molecule has 19 heavy (non-hydrogen) atoms. The van der Waals surface area contributed by atoms with E-state index in [1.165, 1.54) is 17.8 Å². The number of aliphatic carboxylic acids is 1. The molecule has 1 heterocycles. The predicted octanol–water partition coefficient (Wildman–Crippen LogP) is 1.65. The van der Waals surface area contributed by atoms with Crippen molar-refractivity contribution < 1.29 is 23.5 Å². The first-order valence-electron chi connectivity index (χ1n) is 5.54. The van der Waals surface area contributed by atoms with Crippen LogP contribution in [0.5, 0.6) is 0 Å². The van der Waals surface area contributed by atoms with E-state index in [9.17, 15) is 23.5 Å². The minimum atomic E-state index is -1.40. The fraction of sp³-hybridized carbons (Fsp3) is 0.333. The van der Waals surface area contributed by atoms with Gasteiger partial charge in [0.05, 0.1) is 5.56 Å². The molecule has 0 spiro atoms. The van der Waals surface area contributed by atoms with Gasteiger partial charge in [0, 0.05) is 5.75 Å². The van der Waals surface area contributed by atoms with Crippen molar-refractivity contribution in [1.29, 1.82) is 0 Å². The summed E-state index contributed by atoms with van der Waals surface area (Å²) in [5.74, 6) is -3.68. The van der Waals surface area contributed by atoms with E-state index in [1.807, 2.05) is 0 Å². The van der Waals surface area contributed by atoms with Crippen molar-refractivity contribution in [3.05, 3.63) is 35.4 Å². The lowest BCUT2D eigenvalue weighted by atomic mass is 9.98. The Bertz CT molecular complexity index is 530. The number of amides is 1. The van der Waals surface area contributed by atoms with Crippen LogP contribution in [0.4, 0.5) is 8.78 Å². The molecular weight excluding hydrogens is 276 g/mol. The second-order valence-corrected chi connectivity index (χ2v) is 5.35. The molecule has 2 N–H and O–H groups in total. The zero-order valence-electron chi connectivity index (χ0n) is 9.78. The molecule has 1 aliphatic rings. The lowest BCUT2D eigenvalue weighted by molar-refractivity contribution is -0.143. The molecule has 102 valence electrons. The number of hydrogen-bond acceptors (Lipinski definition) is 3. The van der Waals surface area contributed by atoms with Crippen LogP contribution in [0.1, 0.15) is 16.8 Å². The number of hydrogen-bond donors (Lipinski definition) is 2. The van der Waals surface area contributed by atoms with Crippen LogP contribution in [0.2, 0.25) is 0 Å². The molecule has 2 rings (SSSR count). The molecule has 1 fully saturated rings. The summed E-state index contributed by atoms with van der Waals surface area (Å²) in [6.07, 6.45) is 0.260. The van der Waals surface area contributed by atoms with Crippen molar-refractivity contribution in [1.82, 2.24) is 5.32 Å². The van der Waals surface area contributed by atoms with Gasteiger partial charge >= 0.3 is 5.97 Å². The number of rotatable bonds is 3. The maximum atomic E-state index is 13.5. The lowest BCUT2D eigenvalue weighted by Gasteiger charge is -2.24. The van der Waals surface area contributed by atoms with E-state index < -0.39 is 34.6 Å². The Balaban J connectivity index is 2.25. The first-order valence-corrected chi connectivity index (χ1v) is 6.69. The molecule has 0 bridgehead atoms. The van der Waals surface area contributed by atoms with Crippen molar-refractivity contribution >= 4 is 23.6 Å². The third-order valence-electron chi connectivity index (χ3n) is 2.98. The summed E-state index contributed by atoms with van der Waals surface area (Å²) in [5.41, 5.74) is -1.89. The molecule has 1 saturated heterocycles. The standard InChI is InChI=1S/C12H11F2NO3S/c13-8-3-1-2-7(9(8)14)10(16)15-12(11(17)18)4-5-19-6-12/h1-3H,4-6H2,(H,15,16)(H,17,18). The van der Waals surface area contributed by atoms with Gasteiger partial charge in [-0.25, -0.2) is 13.6 Å². The Kier molecular flexibility index (Phi) is 3.75. The number of thioether (sulfide) groups is 1. The van der Waals surface area contributed by atoms with Crippen LogP contribution in [-0.4, -0.2) is 34.0 Å². The Morgan fingerprint density at radius 2 is 2.11 bits per heavy atom. The zero-order valence-corrected chi connectivity index (χ0v) is 10.6. The SMILES string of the molecule is O=C(NC1(C(=O)O)CCSC1)c1cccc(F)c1F. The summed E-state index contributed by atoms with van der Waals surface area (Å²) in [6.45, 7) is 0. The zero-order chi connectivity index (χ0) is 14.0. The van der Waals surface area contributed by atoms with Gasteiger partial charge in [0.15, 0.2) is 11.6 Å². The number of benzene rings is 1. The Labute approximate surface area is 112 Å². The van der Waals surface area contributed by atoms with Crippen LogP contribution in [0, 0.1) is 11.6 Å². The topological polar surface area (TPSA) is 66.4 Å². The average Bonchev–Trinajstić information content (AvgIpc) is 2.82. The highest BCUT2D eigenvalue weighted by Gasteiger charge is 2.43. The number of nitrogens with one attached hydrogen (secondary N) is 1. The molecule has 1 aromatic carbocycles. The second-order valence-electron chi connectivity index (χ2n) is 4.25. The van der Waals surface area contributed by atoms with Crippen LogP contribution in [0.15, 0.2) is 18.2 Å². The van der Waals surface area contributed by atoms with E-state index in [2.05, 4.69) is 5.32 Å². The highest BCUT2D eigenvalue weighted by atomic mass is 32.2. The second kappa shape index (κ2) is 5.16. The molecular formula is C12H11F2NO3S. The van der Waals surface area contributed by atoms with Gasteiger partial charge in [-0.3, -0.25) is 4.79 Å². The highest BCUT2D eigenvalue weighted by molar-refractivity contribution is 7.99. The maximum absolute atomic E-state index is 13.5. The number of halogens is 2. The fourth-order valence-electron chi connectivity index (χ4n) is 1.85. The van der Waals surface area contributed by atoms with Gasteiger partial charge in [0.1, 0.15) is 5.54 Å². The molecule has 0 radical (unpaired) electrons. The number of carbonyl (C=O) groups excluding carboxylic acids is 1. The van der Waals surface area contributed by atoms with Crippen LogP contribution >= 0.6 is 11.8 Å².